The zero-order chi connectivity index (χ0) is 17.7. The van der Waals surface area contributed by atoms with Crippen LogP contribution in [0.3, 0.4) is 0 Å². The predicted molar refractivity (Wildman–Crippen MR) is 87.7 cm³/mol. The van der Waals surface area contributed by atoms with E-state index in [1.165, 1.54) is 13.3 Å². The minimum atomic E-state index is -0.496. The number of ether oxygens (including phenoxy) is 3. The summed E-state index contributed by atoms with van der Waals surface area (Å²) < 4.78 is 16.3. The lowest BCUT2D eigenvalue weighted by Crippen LogP contribution is -2.43. The fourth-order valence-electron chi connectivity index (χ4n) is 2.69. The van der Waals surface area contributed by atoms with Gasteiger partial charge in [0, 0.05) is 32.2 Å². The molecule has 0 aromatic carbocycles. The number of likely N-dealkylation sites (tertiary alicyclic amines) is 1. The molecule has 1 aliphatic heterocycles. The van der Waals surface area contributed by atoms with Crippen molar-refractivity contribution >= 4 is 6.09 Å². The maximum absolute atomic E-state index is 12.2. The highest BCUT2D eigenvalue weighted by atomic mass is 16.7. The van der Waals surface area contributed by atoms with Crippen LogP contribution in [0.2, 0.25) is 0 Å². The lowest BCUT2D eigenvalue weighted by Gasteiger charge is -2.32. The van der Waals surface area contributed by atoms with E-state index >= 15 is 0 Å². The van der Waals surface area contributed by atoms with Crippen molar-refractivity contribution in [1.82, 2.24) is 4.90 Å². The maximum Gasteiger partial charge on any atom is 0.410 e. The molecule has 1 aliphatic rings. The summed E-state index contributed by atoms with van der Waals surface area (Å²) in [5, 5.41) is 12.2. The van der Waals surface area contributed by atoms with Gasteiger partial charge in [0.15, 0.2) is 18.2 Å². The fourth-order valence-corrected chi connectivity index (χ4v) is 2.69. The third-order valence-corrected chi connectivity index (χ3v) is 3.83. The predicted octanol–water partition coefficient (Wildman–Crippen LogP) is 2.42. The SMILES string of the molecule is COCOc1ccc(C2CCN(C(=O)OC(C)(C)C)CC2)[n+]([O-])c1. The highest BCUT2D eigenvalue weighted by molar-refractivity contribution is 5.68. The van der Waals surface area contributed by atoms with E-state index in [2.05, 4.69) is 0 Å². The first-order chi connectivity index (χ1) is 11.3. The van der Waals surface area contributed by atoms with Gasteiger partial charge in [0.25, 0.3) is 0 Å². The number of pyridine rings is 1. The molecule has 1 aromatic rings. The standard InChI is InChI=1S/C17H26N2O5/c1-17(2,3)24-16(20)18-9-7-13(8-10-18)15-6-5-14(11-19(15)21)23-12-22-4/h5-6,11,13H,7-10,12H2,1-4H3. The van der Waals surface area contributed by atoms with Crippen molar-refractivity contribution in [3.63, 3.8) is 0 Å². The molecule has 0 atom stereocenters. The summed E-state index contributed by atoms with van der Waals surface area (Å²) in [4.78, 5) is 13.8. The Morgan fingerprint density at radius 2 is 2.00 bits per heavy atom. The van der Waals surface area contributed by atoms with Gasteiger partial charge in [-0.25, -0.2) is 4.79 Å². The van der Waals surface area contributed by atoms with E-state index in [-0.39, 0.29) is 18.8 Å². The molecular formula is C17H26N2O5. The number of carbonyl (C=O) groups is 1. The van der Waals surface area contributed by atoms with Crippen LogP contribution in [0.5, 0.6) is 5.75 Å². The average Bonchev–Trinajstić information content (AvgIpc) is 2.51. The monoisotopic (exact) mass is 338 g/mol. The summed E-state index contributed by atoms with van der Waals surface area (Å²) in [5.74, 6) is 0.597. The van der Waals surface area contributed by atoms with E-state index in [1.807, 2.05) is 20.8 Å². The minimum absolute atomic E-state index is 0.105. The molecule has 0 radical (unpaired) electrons. The number of methoxy groups -OCH3 is 1. The van der Waals surface area contributed by atoms with Crippen LogP contribution in [0.1, 0.15) is 45.2 Å². The van der Waals surface area contributed by atoms with Crippen molar-refractivity contribution in [3.05, 3.63) is 29.2 Å². The Balaban J connectivity index is 1.93. The van der Waals surface area contributed by atoms with Gasteiger partial charge in [-0.15, -0.1) is 0 Å². The molecule has 1 aromatic heterocycles. The number of rotatable bonds is 4. The molecular weight excluding hydrogens is 312 g/mol. The number of nitrogens with zero attached hydrogens (tertiary/aromatic N) is 2. The Morgan fingerprint density at radius 1 is 1.33 bits per heavy atom. The molecule has 0 N–H and O–H groups in total. The molecule has 0 unspecified atom stereocenters. The summed E-state index contributed by atoms with van der Waals surface area (Å²) in [6, 6.07) is 3.55. The summed E-state index contributed by atoms with van der Waals surface area (Å²) in [7, 11) is 1.53. The Hall–Kier alpha value is -2.02. The zero-order valence-corrected chi connectivity index (χ0v) is 14.8. The minimum Gasteiger partial charge on any atom is -0.618 e. The smallest absolute Gasteiger partial charge is 0.410 e. The fraction of sp³-hybridized carbons (Fsp3) is 0.647. The number of hydrogen-bond acceptors (Lipinski definition) is 5. The Labute approximate surface area is 142 Å². The van der Waals surface area contributed by atoms with Crippen LogP contribution in [0, 0.1) is 5.21 Å². The van der Waals surface area contributed by atoms with Crippen LogP contribution in [-0.2, 0) is 9.47 Å². The lowest BCUT2D eigenvalue weighted by atomic mass is 9.93. The molecule has 1 saturated heterocycles. The van der Waals surface area contributed by atoms with E-state index in [4.69, 9.17) is 14.2 Å². The first-order valence-electron chi connectivity index (χ1n) is 8.13. The van der Waals surface area contributed by atoms with Crippen molar-refractivity contribution in [2.24, 2.45) is 0 Å². The van der Waals surface area contributed by atoms with Gasteiger partial charge < -0.3 is 24.3 Å². The van der Waals surface area contributed by atoms with E-state index in [0.29, 0.717) is 24.5 Å². The second-order valence-electron chi connectivity index (χ2n) is 6.91. The quantitative estimate of drug-likeness (QED) is 0.479. The highest BCUT2D eigenvalue weighted by Crippen LogP contribution is 2.27. The third kappa shape index (κ3) is 4.99. The summed E-state index contributed by atoms with van der Waals surface area (Å²) in [5.41, 5.74) is 0.202. The number of piperidine rings is 1. The average molecular weight is 338 g/mol. The van der Waals surface area contributed by atoms with Crippen molar-refractivity contribution in [1.29, 1.82) is 0 Å². The molecule has 0 spiro atoms. The number of hydrogen-bond donors (Lipinski definition) is 0. The van der Waals surface area contributed by atoms with Crippen molar-refractivity contribution in [2.75, 3.05) is 27.0 Å². The van der Waals surface area contributed by atoms with E-state index < -0.39 is 5.60 Å². The van der Waals surface area contributed by atoms with E-state index in [0.717, 1.165) is 17.6 Å². The van der Waals surface area contributed by atoms with Crippen LogP contribution in [0.15, 0.2) is 18.3 Å². The van der Waals surface area contributed by atoms with Crippen LogP contribution in [0.4, 0.5) is 4.79 Å². The first-order valence-corrected chi connectivity index (χ1v) is 8.13. The second kappa shape index (κ2) is 7.70. The van der Waals surface area contributed by atoms with Gasteiger partial charge in [0.2, 0.25) is 6.20 Å². The third-order valence-electron chi connectivity index (χ3n) is 3.83. The molecule has 1 amide bonds. The molecule has 24 heavy (non-hydrogen) atoms. The van der Waals surface area contributed by atoms with E-state index in [1.54, 1.807) is 17.0 Å². The molecule has 134 valence electrons. The van der Waals surface area contributed by atoms with Gasteiger partial charge in [-0.05, 0) is 39.7 Å². The molecule has 0 aliphatic carbocycles. The topological polar surface area (TPSA) is 74.9 Å². The molecule has 0 saturated carbocycles. The summed E-state index contributed by atoms with van der Waals surface area (Å²) in [6.07, 6.45) is 2.59. The Bertz CT molecular complexity index is 563. The van der Waals surface area contributed by atoms with Crippen LogP contribution >= 0.6 is 0 Å². The van der Waals surface area contributed by atoms with Gasteiger partial charge in [-0.2, -0.15) is 4.73 Å². The lowest BCUT2D eigenvalue weighted by molar-refractivity contribution is -0.616. The number of aromatic nitrogens is 1. The Morgan fingerprint density at radius 3 is 2.54 bits per heavy atom. The van der Waals surface area contributed by atoms with Crippen LogP contribution in [0.25, 0.3) is 0 Å². The van der Waals surface area contributed by atoms with Crippen molar-refractivity contribution in [3.8, 4) is 5.75 Å². The molecule has 2 heterocycles. The summed E-state index contributed by atoms with van der Waals surface area (Å²) in [6.45, 7) is 6.83. The van der Waals surface area contributed by atoms with Crippen LogP contribution < -0.4 is 9.47 Å². The van der Waals surface area contributed by atoms with Gasteiger partial charge in [0.05, 0.1) is 0 Å². The highest BCUT2D eigenvalue weighted by Gasteiger charge is 2.30. The summed E-state index contributed by atoms with van der Waals surface area (Å²) >= 11 is 0. The number of amides is 1. The molecule has 7 heteroatoms. The van der Waals surface area contributed by atoms with Crippen LogP contribution in [-0.4, -0.2) is 43.6 Å². The molecule has 2 rings (SSSR count). The molecule has 0 bridgehead atoms. The normalized spacial score (nSPS) is 16.1. The Kier molecular flexibility index (Phi) is 5.88. The zero-order valence-electron chi connectivity index (χ0n) is 14.8. The van der Waals surface area contributed by atoms with Gasteiger partial charge in [-0.1, -0.05) is 0 Å². The second-order valence-corrected chi connectivity index (χ2v) is 6.91. The largest absolute Gasteiger partial charge is 0.618 e. The molecule has 7 nitrogen and oxygen atoms in total. The van der Waals surface area contributed by atoms with Gasteiger partial charge >= 0.3 is 6.09 Å². The maximum atomic E-state index is 12.2. The van der Waals surface area contributed by atoms with Crippen molar-refractivity contribution < 1.29 is 23.7 Å². The van der Waals surface area contributed by atoms with Gasteiger partial charge in [-0.3, -0.25) is 0 Å². The first kappa shape index (κ1) is 18.3. The van der Waals surface area contributed by atoms with E-state index in [9.17, 15) is 10.0 Å². The molecule has 1 fully saturated rings. The number of carbonyl (C=O) groups excluding carboxylic acids is 1. The van der Waals surface area contributed by atoms with Gasteiger partial charge in [0.1, 0.15) is 5.60 Å². The van der Waals surface area contributed by atoms with Crippen molar-refractivity contribution in [2.45, 2.75) is 45.1 Å².